The number of phenols is 1. The molecule has 2 aromatic rings. The largest absolute Gasteiger partial charge is 0.507 e. The van der Waals surface area contributed by atoms with E-state index in [1.807, 2.05) is 0 Å². The number of phenolic OH excluding ortho intramolecular Hbond substituents is 1. The second kappa shape index (κ2) is 5.35. The van der Waals surface area contributed by atoms with Gasteiger partial charge in [-0.25, -0.2) is 4.79 Å². The van der Waals surface area contributed by atoms with Gasteiger partial charge in [0.1, 0.15) is 5.75 Å². The Morgan fingerprint density at radius 3 is 2.11 bits per heavy atom. The predicted molar refractivity (Wildman–Crippen MR) is 69.5 cm³/mol. The van der Waals surface area contributed by atoms with E-state index in [1.165, 1.54) is 18.2 Å². The third kappa shape index (κ3) is 2.80. The van der Waals surface area contributed by atoms with Crippen molar-refractivity contribution in [3.63, 3.8) is 0 Å². The van der Waals surface area contributed by atoms with Crippen molar-refractivity contribution in [1.29, 1.82) is 0 Å². The minimum absolute atomic E-state index is 0.0555. The van der Waals surface area contributed by atoms with Gasteiger partial charge in [-0.2, -0.15) is 0 Å². The molecule has 4 heteroatoms. The van der Waals surface area contributed by atoms with Crippen molar-refractivity contribution in [2.45, 2.75) is 6.42 Å². The van der Waals surface area contributed by atoms with E-state index in [1.54, 1.807) is 30.3 Å². The Morgan fingerprint density at radius 1 is 0.895 bits per heavy atom. The van der Waals surface area contributed by atoms with Crippen LogP contribution in [-0.2, 0) is 6.42 Å². The molecule has 0 aliphatic rings. The van der Waals surface area contributed by atoms with Crippen molar-refractivity contribution in [3.8, 4) is 5.75 Å². The van der Waals surface area contributed by atoms with Gasteiger partial charge in [-0.1, -0.05) is 30.3 Å². The molecule has 2 rings (SSSR count). The number of carboxylic acid groups (broad SMARTS) is 1. The normalized spacial score (nSPS) is 10.1. The number of para-hydroxylation sites is 1. The average Bonchev–Trinajstić information content (AvgIpc) is 2.39. The number of carbonyl (C=O) groups is 2. The molecule has 0 saturated heterocycles. The van der Waals surface area contributed by atoms with E-state index in [4.69, 9.17) is 5.11 Å². The molecule has 4 nitrogen and oxygen atoms in total. The molecular weight excluding hydrogens is 244 g/mol. The fourth-order valence-electron chi connectivity index (χ4n) is 1.86. The van der Waals surface area contributed by atoms with Gasteiger partial charge < -0.3 is 10.2 Å². The molecule has 0 aliphatic heterocycles. The molecule has 0 aromatic heterocycles. The summed E-state index contributed by atoms with van der Waals surface area (Å²) in [5.41, 5.74) is 0.734. The molecule has 0 aliphatic carbocycles. The Hall–Kier alpha value is -2.62. The molecule has 0 saturated carbocycles. The quantitative estimate of drug-likeness (QED) is 0.824. The molecule has 0 bridgehead atoms. The van der Waals surface area contributed by atoms with E-state index in [2.05, 4.69) is 0 Å². The van der Waals surface area contributed by atoms with Gasteiger partial charge in [0, 0.05) is 6.42 Å². The zero-order valence-electron chi connectivity index (χ0n) is 10.0. The molecule has 2 N–H and O–H groups in total. The van der Waals surface area contributed by atoms with Crippen LogP contribution in [0.1, 0.15) is 26.3 Å². The van der Waals surface area contributed by atoms with Gasteiger partial charge in [0.05, 0.1) is 11.1 Å². The van der Waals surface area contributed by atoms with Gasteiger partial charge >= 0.3 is 5.97 Å². The van der Waals surface area contributed by atoms with Crippen molar-refractivity contribution in [2.24, 2.45) is 0 Å². The van der Waals surface area contributed by atoms with Gasteiger partial charge in [0.25, 0.3) is 0 Å². The van der Waals surface area contributed by atoms with Crippen molar-refractivity contribution in [2.75, 3.05) is 0 Å². The number of carboxylic acids is 1. The van der Waals surface area contributed by atoms with E-state index in [0.29, 0.717) is 5.56 Å². The van der Waals surface area contributed by atoms with Crippen LogP contribution in [0.2, 0.25) is 0 Å². The molecule has 2 aromatic carbocycles. The lowest BCUT2D eigenvalue weighted by atomic mass is 9.98. The molecule has 0 radical (unpaired) electrons. The highest BCUT2D eigenvalue weighted by Crippen LogP contribution is 2.19. The number of aromatic hydroxyl groups is 1. The lowest BCUT2D eigenvalue weighted by molar-refractivity contribution is 0.0696. The van der Waals surface area contributed by atoms with Crippen molar-refractivity contribution < 1.29 is 19.8 Å². The Bertz CT molecular complexity index is 632. The van der Waals surface area contributed by atoms with Crippen molar-refractivity contribution in [1.82, 2.24) is 0 Å². The number of Topliss-reactive ketones (excluding diaryl/α,β-unsaturated/α-hetero) is 1. The van der Waals surface area contributed by atoms with Gasteiger partial charge in [0.15, 0.2) is 5.78 Å². The second-order valence-electron chi connectivity index (χ2n) is 4.08. The van der Waals surface area contributed by atoms with Crippen LogP contribution < -0.4 is 0 Å². The summed E-state index contributed by atoms with van der Waals surface area (Å²) in [5.74, 6) is -1.48. The maximum atomic E-state index is 12.1. The van der Waals surface area contributed by atoms with E-state index >= 15 is 0 Å². The molecule has 0 heterocycles. The summed E-state index contributed by atoms with van der Waals surface area (Å²) in [6.45, 7) is 0. The number of rotatable bonds is 4. The number of hydrogen-bond donors (Lipinski definition) is 2. The highest BCUT2D eigenvalue weighted by atomic mass is 16.4. The van der Waals surface area contributed by atoms with Crippen molar-refractivity contribution in [3.05, 3.63) is 65.2 Å². The van der Waals surface area contributed by atoms with Crippen LogP contribution in [0, 0.1) is 0 Å². The first-order valence-corrected chi connectivity index (χ1v) is 5.72. The summed E-state index contributed by atoms with van der Waals surface area (Å²) >= 11 is 0. The van der Waals surface area contributed by atoms with E-state index in [-0.39, 0.29) is 29.1 Å². The van der Waals surface area contributed by atoms with E-state index < -0.39 is 5.97 Å². The first-order valence-electron chi connectivity index (χ1n) is 5.72. The predicted octanol–water partition coefficient (Wildman–Crippen LogP) is 2.52. The number of benzene rings is 2. The summed E-state index contributed by atoms with van der Waals surface area (Å²) in [6, 6.07) is 12.6. The molecule has 19 heavy (non-hydrogen) atoms. The monoisotopic (exact) mass is 256 g/mol. The number of aromatic carboxylic acids is 1. The average molecular weight is 256 g/mol. The third-order valence-electron chi connectivity index (χ3n) is 2.80. The Balaban J connectivity index is 2.30. The van der Waals surface area contributed by atoms with Crippen molar-refractivity contribution >= 4 is 11.8 Å². The lowest BCUT2D eigenvalue weighted by Crippen LogP contribution is -2.09. The fourth-order valence-corrected chi connectivity index (χ4v) is 1.86. The standard InChI is InChI=1S/C15H12O4/c16-13-8-4-3-7-12(13)14(17)9-10-5-1-2-6-11(10)15(18)19/h1-8,16H,9H2,(H,18,19). The maximum Gasteiger partial charge on any atom is 0.335 e. The third-order valence-corrected chi connectivity index (χ3v) is 2.80. The topological polar surface area (TPSA) is 74.6 Å². The first kappa shape index (κ1) is 12.8. The Morgan fingerprint density at radius 2 is 1.47 bits per heavy atom. The molecule has 0 amide bonds. The van der Waals surface area contributed by atoms with Crippen LogP contribution in [0.4, 0.5) is 0 Å². The van der Waals surface area contributed by atoms with Gasteiger partial charge in [-0.15, -0.1) is 0 Å². The lowest BCUT2D eigenvalue weighted by Gasteiger charge is -2.06. The molecule has 0 unspecified atom stereocenters. The smallest absolute Gasteiger partial charge is 0.335 e. The second-order valence-corrected chi connectivity index (χ2v) is 4.08. The molecule has 96 valence electrons. The summed E-state index contributed by atoms with van der Waals surface area (Å²) in [7, 11) is 0. The molecule has 0 fully saturated rings. The van der Waals surface area contributed by atoms with Crippen LogP contribution in [-0.4, -0.2) is 22.0 Å². The minimum atomic E-state index is -1.07. The van der Waals surface area contributed by atoms with Crippen LogP contribution in [0.3, 0.4) is 0 Å². The summed E-state index contributed by atoms with van der Waals surface area (Å²) < 4.78 is 0. The molecule has 0 spiro atoms. The van der Waals surface area contributed by atoms with Gasteiger partial charge in [-0.3, -0.25) is 4.79 Å². The van der Waals surface area contributed by atoms with Crippen LogP contribution in [0.25, 0.3) is 0 Å². The maximum absolute atomic E-state index is 12.1. The molecular formula is C15H12O4. The van der Waals surface area contributed by atoms with Gasteiger partial charge in [-0.05, 0) is 23.8 Å². The zero-order valence-corrected chi connectivity index (χ0v) is 10.0. The summed E-state index contributed by atoms with van der Waals surface area (Å²) in [5, 5.41) is 18.6. The fraction of sp³-hybridized carbons (Fsp3) is 0.0667. The van der Waals surface area contributed by atoms with E-state index in [0.717, 1.165) is 0 Å². The van der Waals surface area contributed by atoms with Crippen LogP contribution >= 0.6 is 0 Å². The number of ketones is 1. The highest BCUT2D eigenvalue weighted by Gasteiger charge is 2.15. The van der Waals surface area contributed by atoms with Crippen LogP contribution in [0.5, 0.6) is 5.75 Å². The van der Waals surface area contributed by atoms with E-state index in [9.17, 15) is 14.7 Å². The molecule has 0 atom stereocenters. The minimum Gasteiger partial charge on any atom is -0.507 e. The van der Waals surface area contributed by atoms with Gasteiger partial charge in [0.2, 0.25) is 0 Å². The SMILES string of the molecule is O=C(Cc1ccccc1C(=O)O)c1ccccc1O. The summed E-state index contributed by atoms with van der Waals surface area (Å²) in [4.78, 5) is 23.1. The zero-order chi connectivity index (χ0) is 13.8. The Kier molecular flexibility index (Phi) is 3.61. The summed E-state index contributed by atoms with van der Waals surface area (Å²) in [6.07, 6.45) is -0.0555. The Labute approximate surface area is 109 Å². The van der Waals surface area contributed by atoms with Crippen LogP contribution in [0.15, 0.2) is 48.5 Å². The first-order chi connectivity index (χ1) is 9.09. The highest BCUT2D eigenvalue weighted by molar-refractivity contribution is 6.01. The number of hydrogen-bond acceptors (Lipinski definition) is 3. The number of carbonyl (C=O) groups excluding carboxylic acids is 1.